The Kier molecular flexibility index (Phi) is 5.45. The molecular formula is C18H23N5O2. The maximum Gasteiger partial charge on any atom is 0.320 e. The SMILES string of the molecule is C[C@@H]1CN(c2ccc(CNC(=O)Nc3ccccn3)cn2)C[C@H](C)O1. The summed E-state index contributed by atoms with van der Waals surface area (Å²) >= 11 is 0. The number of carbonyl (C=O) groups is 1. The van der Waals surface area contributed by atoms with Gasteiger partial charge in [-0.25, -0.2) is 14.8 Å². The zero-order valence-electron chi connectivity index (χ0n) is 14.5. The van der Waals surface area contributed by atoms with Gasteiger partial charge in [0.25, 0.3) is 0 Å². The zero-order chi connectivity index (χ0) is 17.6. The highest BCUT2D eigenvalue weighted by atomic mass is 16.5. The highest BCUT2D eigenvalue weighted by Gasteiger charge is 2.22. The molecule has 3 heterocycles. The lowest BCUT2D eigenvalue weighted by atomic mass is 10.2. The van der Waals surface area contributed by atoms with Crippen LogP contribution in [0.4, 0.5) is 16.4 Å². The molecule has 1 aliphatic rings. The van der Waals surface area contributed by atoms with Crippen LogP contribution in [0.15, 0.2) is 42.7 Å². The van der Waals surface area contributed by atoms with Crippen molar-refractivity contribution in [1.82, 2.24) is 15.3 Å². The van der Waals surface area contributed by atoms with E-state index in [9.17, 15) is 4.79 Å². The van der Waals surface area contributed by atoms with E-state index in [0.717, 1.165) is 24.5 Å². The Morgan fingerprint density at radius 1 is 1.20 bits per heavy atom. The summed E-state index contributed by atoms with van der Waals surface area (Å²) in [6.07, 6.45) is 3.82. The van der Waals surface area contributed by atoms with Crippen LogP contribution in [-0.4, -0.2) is 41.3 Å². The first kappa shape index (κ1) is 17.2. The molecule has 2 aromatic heterocycles. The number of nitrogens with one attached hydrogen (secondary N) is 2. The smallest absolute Gasteiger partial charge is 0.320 e. The van der Waals surface area contributed by atoms with Crippen LogP contribution in [0.25, 0.3) is 0 Å². The van der Waals surface area contributed by atoms with E-state index >= 15 is 0 Å². The predicted octanol–water partition coefficient (Wildman–Crippen LogP) is 2.41. The lowest BCUT2D eigenvalue weighted by Gasteiger charge is -2.36. The lowest BCUT2D eigenvalue weighted by Crippen LogP contribution is -2.45. The molecule has 25 heavy (non-hydrogen) atoms. The highest BCUT2D eigenvalue weighted by Crippen LogP contribution is 2.18. The van der Waals surface area contributed by atoms with Crippen LogP contribution in [0.5, 0.6) is 0 Å². The Morgan fingerprint density at radius 3 is 2.64 bits per heavy atom. The second kappa shape index (κ2) is 7.94. The summed E-state index contributed by atoms with van der Waals surface area (Å²) in [7, 11) is 0. The third-order valence-corrected chi connectivity index (χ3v) is 3.91. The van der Waals surface area contributed by atoms with Crippen molar-refractivity contribution in [2.45, 2.75) is 32.6 Å². The second-order valence-corrected chi connectivity index (χ2v) is 6.21. The van der Waals surface area contributed by atoms with Crippen molar-refractivity contribution in [3.63, 3.8) is 0 Å². The molecule has 1 fully saturated rings. The van der Waals surface area contributed by atoms with Crippen LogP contribution in [0, 0.1) is 0 Å². The third-order valence-electron chi connectivity index (χ3n) is 3.91. The van der Waals surface area contributed by atoms with Crippen molar-refractivity contribution in [3.8, 4) is 0 Å². The molecule has 0 aliphatic carbocycles. The molecule has 3 rings (SSSR count). The largest absolute Gasteiger partial charge is 0.372 e. The number of aromatic nitrogens is 2. The number of amides is 2. The molecule has 2 atom stereocenters. The summed E-state index contributed by atoms with van der Waals surface area (Å²) in [6.45, 7) is 6.22. The second-order valence-electron chi connectivity index (χ2n) is 6.21. The average molecular weight is 341 g/mol. The summed E-state index contributed by atoms with van der Waals surface area (Å²) in [5.74, 6) is 1.45. The van der Waals surface area contributed by atoms with Crippen molar-refractivity contribution < 1.29 is 9.53 Å². The van der Waals surface area contributed by atoms with Gasteiger partial charge < -0.3 is 15.0 Å². The number of morpholine rings is 1. The molecule has 2 aromatic rings. The summed E-state index contributed by atoms with van der Waals surface area (Å²) < 4.78 is 5.75. The third kappa shape index (κ3) is 4.90. The first-order valence-corrected chi connectivity index (χ1v) is 8.41. The fourth-order valence-electron chi connectivity index (χ4n) is 2.85. The molecule has 132 valence electrons. The minimum absolute atomic E-state index is 0.196. The van der Waals surface area contributed by atoms with Crippen LogP contribution in [0.3, 0.4) is 0 Å². The molecule has 0 spiro atoms. The Bertz CT molecular complexity index is 682. The van der Waals surface area contributed by atoms with Gasteiger partial charge in [-0.15, -0.1) is 0 Å². The van der Waals surface area contributed by atoms with Gasteiger partial charge in [0.15, 0.2) is 0 Å². The lowest BCUT2D eigenvalue weighted by molar-refractivity contribution is -0.00546. The van der Waals surface area contributed by atoms with Gasteiger partial charge in [-0.1, -0.05) is 12.1 Å². The van der Waals surface area contributed by atoms with Crippen LogP contribution in [0.1, 0.15) is 19.4 Å². The normalized spacial score (nSPS) is 20.2. The molecule has 7 nitrogen and oxygen atoms in total. The summed E-state index contributed by atoms with van der Waals surface area (Å²) in [6, 6.07) is 9.02. The van der Waals surface area contributed by atoms with Gasteiger partial charge >= 0.3 is 6.03 Å². The minimum atomic E-state index is -0.293. The highest BCUT2D eigenvalue weighted by molar-refractivity contribution is 5.88. The van der Waals surface area contributed by atoms with Gasteiger partial charge in [0.2, 0.25) is 0 Å². The maximum absolute atomic E-state index is 11.9. The Labute approximate surface area is 147 Å². The number of ether oxygens (including phenoxy) is 1. The van der Waals surface area contributed by atoms with Crippen molar-refractivity contribution in [2.24, 2.45) is 0 Å². The number of carbonyl (C=O) groups excluding carboxylic acids is 1. The molecule has 0 radical (unpaired) electrons. The molecular weight excluding hydrogens is 318 g/mol. The van der Waals surface area contributed by atoms with E-state index < -0.39 is 0 Å². The maximum atomic E-state index is 11.9. The van der Waals surface area contributed by atoms with Crippen molar-refractivity contribution >= 4 is 17.7 Å². The molecule has 0 unspecified atom stereocenters. The van der Waals surface area contributed by atoms with E-state index in [2.05, 4.69) is 39.3 Å². The molecule has 2 amide bonds. The van der Waals surface area contributed by atoms with Gasteiger partial charge in [0, 0.05) is 32.0 Å². The number of rotatable bonds is 4. The average Bonchev–Trinajstić information content (AvgIpc) is 2.60. The zero-order valence-corrected chi connectivity index (χ0v) is 14.5. The molecule has 1 aliphatic heterocycles. The van der Waals surface area contributed by atoms with Gasteiger partial charge in [-0.05, 0) is 37.6 Å². The van der Waals surface area contributed by atoms with Crippen molar-refractivity contribution in [1.29, 1.82) is 0 Å². The monoisotopic (exact) mass is 341 g/mol. The summed E-state index contributed by atoms with van der Waals surface area (Å²) in [4.78, 5) is 22.7. The van der Waals surface area contributed by atoms with Gasteiger partial charge in [-0.3, -0.25) is 5.32 Å². The first-order chi connectivity index (χ1) is 12.1. The number of urea groups is 1. The van der Waals surface area contributed by atoms with Crippen LogP contribution >= 0.6 is 0 Å². The summed E-state index contributed by atoms with van der Waals surface area (Å²) in [5.41, 5.74) is 0.939. The van der Waals surface area contributed by atoms with E-state index in [1.807, 2.05) is 18.2 Å². The molecule has 1 saturated heterocycles. The van der Waals surface area contributed by atoms with Gasteiger partial charge in [0.05, 0.1) is 12.2 Å². The molecule has 0 saturated carbocycles. The summed E-state index contributed by atoms with van der Waals surface area (Å²) in [5, 5.41) is 5.48. The van der Waals surface area contributed by atoms with E-state index in [1.54, 1.807) is 24.5 Å². The fraction of sp³-hybridized carbons (Fsp3) is 0.389. The molecule has 0 aromatic carbocycles. The number of hydrogen-bond donors (Lipinski definition) is 2. The van der Waals surface area contributed by atoms with Gasteiger partial charge in [0.1, 0.15) is 11.6 Å². The Morgan fingerprint density at radius 2 is 2.00 bits per heavy atom. The quantitative estimate of drug-likeness (QED) is 0.893. The Balaban J connectivity index is 1.51. The fourth-order valence-corrected chi connectivity index (χ4v) is 2.85. The van der Waals surface area contributed by atoms with E-state index in [-0.39, 0.29) is 18.2 Å². The topological polar surface area (TPSA) is 79.4 Å². The van der Waals surface area contributed by atoms with E-state index in [1.165, 1.54) is 0 Å². The number of anilines is 2. The van der Waals surface area contributed by atoms with E-state index in [0.29, 0.717) is 12.4 Å². The number of nitrogens with zero attached hydrogens (tertiary/aromatic N) is 3. The number of hydrogen-bond acceptors (Lipinski definition) is 5. The Hall–Kier alpha value is -2.67. The number of pyridine rings is 2. The van der Waals surface area contributed by atoms with Crippen LogP contribution in [-0.2, 0) is 11.3 Å². The molecule has 0 bridgehead atoms. The van der Waals surface area contributed by atoms with Crippen LogP contribution < -0.4 is 15.5 Å². The first-order valence-electron chi connectivity index (χ1n) is 8.41. The van der Waals surface area contributed by atoms with Crippen molar-refractivity contribution in [2.75, 3.05) is 23.3 Å². The predicted molar refractivity (Wildman–Crippen MR) is 96.6 cm³/mol. The van der Waals surface area contributed by atoms with E-state index in [4.69, 9.17) is 4.74 Å². The minimum Gasteiger partial charge on any atom is -0.372 e. The standard InChI is InChI=1S/C18H23N5O2/c1-13-11-23(12-14(2)25-13)17-7-6-15(9-20-17)10-21-18(24)22-16-5-3-4-8-19-16/h3-9,13-14H,10-12H2,1-2H3,(H2,19,21,22,24)/t13-,14+. The van der Waals surface area contributed by atoms with Gasteiger partial charge in [-0.2, -0.15) is 0 Å². The van der Waals surface area contributed by atoms with Crippen molar-refractivity contribution in [3.05, 3.63) is 48.3 Å². The molecule has 2 N–H and O–H groups in total. The van der Waals surface area contributed by atoms with Crippen LogP contribution in [0.2, 0.25) is 0 Å². The molecule has 7 heteroatoms.